The first-order valence-corrected chi connectivity index (χ1v) is 11.1. The molecule has 3 aromatic carbocycles. The van der Waals surface area contributed by atoms with Crippen LogP contribution in [0.2, 0.25) is 0 Å². The van der Waals surface area contributed by atoms with Crippen LogP contribution in [0.3, 0.4) is 0 Å². The molecule has 0 radical (unpaired) electrons. The minimum Gasteiger partial charge on any atom is -0.497 e. The monoisotopic (exact) mass is 446 g/mol. The first kappa shape index (κ1) is 22.5. The van der Waals surface area contributed by atoms with E-state index in [1.807, 2.05) is 23.1 Å². The first-order valence-electron chi connectivity index (χ1n) is 11.1. The Kier molecular flexibility index (Phi) is 7.03. The van der Waals surface area contributed by atoms with Crippen molar-refractivity contribution in [2.75, 3.05) is 20.2 Å². The second kappa shape index (κ2) is 10.3. The molecule has 1 aliphatic rings. The van der Waals surface area contributed by atoms with Crippen LogP contribution in [-0.4, -0.2) is 36.9 Å². The highest BCUT2D eigenvalue weighted by Crippen LogP contribution is 2.28. The molecule has 2 amide bonds. The molecule has 1 N–H and O–H groups in total. The van der Waals surface area contributed by atoms with Gasteiger partial charge in [-0.05, 0) is 60.9 Å². The Hall–Kier alpha value is -3.67. The molecule has 33 heavy (non-hydrogen) atoms. The van der Waals surface area contributed by atoms with Crippen LogP contribution in [-0.2, 0) is 6.54 Å². The maximum atomic E-state index is 13.8. The summed E-state index contributed by atoms with van der Waals surface area (Å²) in [5, 5.41) is 2.79. The standard InChI is InChI=1S/C27H27FN2O3/c1-33-24-13-11-19(12-14-24)27(32)30-15-5-9-23(18-30)20-7-4-8-21(16-20)26(31)29-17-22-6-2-3-10-25(22)28/h2-4,6-8,10-14,16,23H,5,9,15,17-18H2,1H3,(H,29,31)/t23-/m1/s1. The number of hydrogen-bond acceptors (Lipinski definition) is 3. The zero-order valence-corrected chi connectivity index (χ0v) is 18.6. The van der Waals surface area contributed by atoms with Crippen LogP contribution in [0.4, 0.5) is 4.39 Å². The molecule has 1 aliphatic heterocycles. The SMILES string of the molecule is COc1ccc(C(=O)N2CCC[C@@H](c3cccc(C(=O)NCc4ccccc4F)c3)C2)cc1. The minimum atomic E-state index is -0.338. The van der Waals surface area contributed by atoms with Crippen molar-refractivity contribution in [2.24, 2.45) is 0 Å². The predicted octanol–water partition coefficient (Wildman–Crippen LogP) is 4.78. The van der Waals surface area contributed by atoms with Crippen molar-refractivity contribution in [1.82, 2.24) is 10.2 Å². The highest BCUT2D eigenvalue weighted by Gasteiger charge is 2.26. The van der Waals surface area contributed by atoms with Gasteiger partial charge in [0.15, 0.2) is 0 Å². The summed E-state index contributed by atoms with van der Waals surface area (Å²) in [4.78, 5) is 27.5. The normalized spacial score (nSPS) is 15.7. The van der Waals surface area contributed by atoms with E-state index in [2.05, 4.69) is 5.32 Å². The third-order valence-corrected chi connectivity index (χ3v) is 6.06. The molecule has 1 heterocycles. The van der Waals surface area contributed by atoms with Gasteiger partial charge in [0, 0.05) is 42.2 Å². The van der Waals surface area contributed by atoms with E-state index in [9.17, 15) is 14.0 Å². The summed E-state index contributed by atoms with van der Waals surface area (Å²) in [6.45, 7) is 1.44. The van der Waals surface area contributed by atoms with E-state index in [0.717, 1.165) is 18.4 Å². The second-order valence-corrected chi connectivity index (χ2v) is 8.22. The van der Waals surface area contributed by atoms with Gasteiger partial charge < -0.3 is 15.0 Å². The van der Waals surface area contributed by atoms with Gasteiger partial charge in [-0.3, -0.25) is 9.59 Å². The van der Waals surface area contributed by atoms with Crippen molar-refractivity contribution in [3.8, 4) is 5.75 Å². The number of nitrogens with zero attached hydrogens (tertiary/aromatic N) is 1. The second-order valence-electron chi connectivity index (χ2n) is 8.22. The number of ether oxygens (including phenoxy) is 1. The number of nitrogens with one attached hydrogen (secondary N) is 1. The fraction of sp³-hybridized carbons (Fsp3) is 0.259. The number of hydrogen-bond donors (Lipinski definition) is 1. The van der Waals surface area contributed by atoms with Crippen molar-refractivity contribution < 1.29 is 18.7 Å². The molecule has 0 bridgehead atoms. The predicted molar refractivity (Wildman–Crippen MR) is 125 cm³/mol. The smallest absolute Gasteiger partial charge is 0.253 e. The summed E-state index contributed by atoms with van der Waals surface area (Å²) in [6.07, 6.45) is 1.85. The molecule has 5 nitrogen and oxygen atoms in total. The van der Waals surface area contributed by atoms with Gasteiger partial charge in [0.25, 0.3) is 11.8 Å². The number of methoxy groups -OCH3 is 1. The summed E-state index contributed by atoms with van der Waals surface area (Å²) < 4.78 is 19.0. The van der Waals surface area contributed by atoms with E-state index in [4.69, 9.17) is 4.74 Å². The minimum absolute atomic E-state index is 0.00105. The number of carbonyl (C=O) groups is 2. The van der Waals surface area contributed by atoms with Gasteiger partial charge in [0.2, 0.25) is 0 Å². The number of piperidine rings is 1. The zero-order valence-electron chi connectivity index (χ0n) is 18.6. The summed E-state index contributed by atoms with van der Waals surface area (Å²) >= 11 is 0. The van der Waals surface area contributed by atoms with E-state index < -0.39 is 0 Å². The van der Waals surface area contributed by atoms with Crippen LogP contribution in [0.15, 0.2) is 72.8 Å². The van der Waals surface area contributed by atoms with Crippen molar-refractivity contribution >= 4 is 11.8 Å². The Morgan fingerprint density at radius 3 is 2.58 bits per heavy atom. The van der Waals surface area contributed by atoms with Crippen LogP contribution in [0.1, 0.15) is 50.6 Å². The molecular weight excluding hydrogens is 419 g/mol. The molecule has 1 saturated heterocycles. The average molecular weight is 447 g/mol. The molecule has 0 aliphatic carbocycles. The molecule has 4 rings (SSSR count). The molecule has 170 valence electrons. The highest BCUT2D eigenvalue weighted by molar-refractivity contribution is 5.95. The molecule has 1 atom stereocenters. The topological polar surface area (TPSA) is 58.6 Å². The van der Waals surface area contributed by atoms with E-state index in [-0.39, 0.29) is 30.1 Å². The lowest BCUT2D eigenvalue weighted by Gasteiger charge is -2.33. The third kappa shape index (κ3) is 5.40. The Bertz CT molecular complexity index is 1130. The van der Waals surface area contributed by atoms with Crippen LogP contribution in [0.5, 0.6) is 5.75 Å². The van der Waals surface area contributed by atoms with E-state index in [0.29, 0.717) is 35.5 Å². The summed E-state index contributed by atoms with van der Waals surface area (Å²) in [5.74, 6) is 0.284. The average Bonchev–Trinajstić information content (AvgIpc) is 2.88. The molecule has 0 saturated carbocycles. The molecular formula is C27H27FN2O3. The Labute approximate surface area is 193 Å². The van der Waals surface area contributed by atoms with Crippen LogP contribution in [0.25, 0.3) is 0 Å². The molecule has 3 aromatic rings. The first-order chi connectivity index (χ1) is 16.0. The highest BCUT2D eigenvalue weighted by atomic mass is 19.1. The maximum Gasteiger partial charge on any atom is 0.253 e. The number of likely N-dealkylation sites (tertiary alicyclic amines) is 1. The third-order valence-electron chi connectivity index (χ3n) is 6.06. The number of benzene rings is 3. The van der Waals surface area contributed by atoms with Crippen LogP contribution < -0.4 is 10.1 Å². The fourth-order valence-corrected chi connectivity index (χ4v) is 4.20. The quantitative estimate of drug-likeness (QED) is 0.593. The van der Waals surface area contributed by atoms with Crippen LogP contribution in [0, 0.1) is 5.82 Å². The fourth-order valence-electron chi connectivity index (χ4n) is 4.20. The van der Waals surface area contributed by atoms with E-state index in [1.165, 1.54) is 6.07 Å². The maximum absolute atomic E-state index is 13.8. The molecule has 0 spiro atoms. The van der Waals surface area contributed by atoms with E-state index >= 15 is 0 Å². The number of carbonyl (C=O) groups excluding carboxylic acids is 2. The van der Waals surface area contributed by atoms with Crippen molar-refractivity contribution in [3.63, 3.8) is 0 Å². The molecule has 0 unspecified atom stereocenters. The summed E-state index contributed by atoms with van der Waals surface area (Å²) in [7, 11) is 1.60. The lowest BCUT2D eigenvalue weighted by Crippen LogP contribution is -2.39. The Morgan fingerprint density at radius 2 is 1.82 bits per heavy atom. The number of rotatable bonds is 6. The molecule has 1 fully saturated rings. The van der Waals surface area contributed by atoms with Crippen molar-refractivity contribution in [1.29, 1.82) is 0 Å². The van der Waals surface area contributed by atoms with Gasteiger partial charge in [-0.15, -0.1) is 0 Å². The van der Waals surface area contributed by atoms with Crippen molar-refractivity contribution in [2.45, 2.75) is 25.3 Å². The van der Waals surface area contributed by atoms with Gasteiger partial charge >= 0.3 is 0 Å². The summed E-state index contributed by atoms with van der Waals surface area (Å²) in [5.41, 5.74) is 2.64. The lowest BCUT2D eigenvalue weighted by atomic mass is 9.89. The van der Waals surface area contributed by atoms with Gasteiger partial charge in [-0.1, -0.05) is 30.3 Å². The zero-order chi connectivity index (χ0) is 23.2. The lowest BCUT2D eigenvalue weighted by molar-refractivity contribution is 0.0706. The van der Waals surface area contributed by atoms with Gasteiger partial charge in [-0.2, -0.15) is 0 Å². The Morgan fingerprint density at radius 1 is 1.03 bits per heavy atom. The van der Waals surface area contributed by atoms with Crippen molar-refractivity contribution in [3.05, 3.63) is 101 Å². The number of amides is 2. The molecule has 0 aromatic heterocycles. The van der Waals surface area contributed by atoms with Gasteiger partial charge in [0.05, 0.1) is 7.11 Å². The van der Waals surface area contributed by atoms with Gasteiger partial charge in [-0.25, -0.2) is 4.39 Å². The molecule has 6 heteroatoms. The summed E-state index contributed by atoms with van der Waals surface area (Å²) in [6, 6.07) is 21.0. The number of halogens is 1. The van der Waals surface area contributed by atoms with E-state index in [1.54, 1.807) is 55.6 Å². The van der Waals surface area contributed by atoms with Crippen LogP contribution >= 0.6 is 0 Å². The largest absolute Gasteiger partial charge is 0.497 e. The Balaban J connectivity index is 1.42. The van der Waals surface area contributed by atoms with Gasteiger partial charge in [0.1, 0.15) is 11.6 Å².